The minimum absolute atomic E-state index is 0.0296. The standard InChI is InChI=1S/C12H15F3N2OS/c1-17(2)11(18)5-6-19-10-4-3-8(7-9(10)16)12(13,14)15/h3-4,7H,5-6,16H2,1-2H3. The first-order valence-electron chi connectivity index (χ1n) is 5.51. The molecule has 0 radical (unpaired) electrons. The van der Waals surface area contributed by atoms with E-state index in [1.54, 1.807) is 14.1 Å². The second-order valence-corrected chi connectivity index (χ2v) is 5.27. The Morgan fingerprint density at radius 3 is 2.47 bits per heavy atom. The average molecular weight is 292 g/mol. The normalized spacial score (nSPS) is 11.4. The highest BCUT2D eigenvalue weighted by molar-refractivity contribution is 7.99. The number of thioether (sulfide) groups is 1. The van der Waals surface area contributed by atoms with E-state index in [9.17, 15) is 18.0 Å². The van der Waals surface area contributed by atoms with Crippen LogP contribution in [0.15, 0.2) is 23.1 Å². The largest absolute Gasteiger partial charge is 0.416 e. The van der Waals surface area contributed by atoms with Gasteiger partial charge in [-0.3, -0.25) is 4.79 Å². The highest BCUT2D eigenvalue weighted by Gasteiger charge is 2.30. The van der Waals surface area contributed by atoms with Crippen LogP contribution in [0.2, 0.25) is 0 Å². The van der Waals surface area contributed by atoms with Crippen LogP contribution >= 0.6 is 11.8 Å². The van der Waals surface area contributed by atoms with Crippen LogP contribution in [-0.2, 0) is 11.0 Å². The number of rotatable bonds is 4. The number of alkyl halides is 3. The summed E-state index contributed by atoms with van der Waals surface area (Å²) in [4.78, 5) is 13.4. The SMILES string of the molecule is CN(C)C(=O)CCSc1ccc(C(F)(F)F)cc1N. The molecular formula is C12H15F3N2OS. The van der Waals surface area contributed by atoms with Gasteiger partial charge < -0.3 is 10.6 Å². The van der Waals surface area contributed by atoms with Gasteiger partial charge in [-0.25, -0.2) is 0 Å². The molecule has 0 atom stereocenters. The topological polar surface area (TPSA) is 46.3 Å². The molecule has 19 heavy (non-hydrogen) atoms. The number of halogens is 3. The van der Waals surface area contributed by atoms with Crippen LogP contribution in [0.4, 0.5) is 18.9 Å². The van der Waals surface area contributed by atoms with Crippen molar-refractivity contribution in [1.82, 2.24) is 4.90 Å². The molecule has 0 fully saturated rings. The zero-order valence-corrected chi connectivity index (χ0v) is 11.4. The molecule has 1 amide bonds. The molecule has 0 bridgehead atoms. The summed E-state index contributed by atoms with van der Waals surface area (Å²) in [5.74, 6) is 0.449. The van der Waals surface area contributed by atoms with Gasteiger partial charge in [0.1, 0.15) is 0 Å². The number of nitrogens with two attached hydrogens (primary N) is 1. The molecule has 0 spiro atoms. The van der Waals surface area contributed by atoms with Crippen molar-refractivity contribution in [2.45, 2.75) is 17.5 Å². The molecule has 0 aliphatic rings. The number of hydrogen-bond acceptors (Lipinski definition) is 3. The summed E-state index contributed by atoms with van der Waals surface area (Å²) in [6, 6.07) is 3.24. The summed E-state index contributed by atoms with van der Waals surface area (Å²) in [7, 11) is 3.30. The fourth-order valence-electron chi connectivity index (χ4n) is 1.33. The van der Waals surface area contributed by atoms with Crippen molar-refractivity contribution >= 4 is 23.4 Å². The molecule has 1 aromatic carbocycles. The third kappa shape index (κ3) is 4.66. The van der Waals surface area contributed by atoms with Gasteiger partial charge >= 0.3 is 6.18 Å². The summed E-state index contributed by atoms with van der Waals surface area (Å²) in [6.07, 6.45) is -4.07. The van der Waals surface area contributed by atoms with Crippen LogP contribution in [0, 0.1) is 0 Å². The zero-order chi connectivity index (χ0) is 14.6. The Labute approximate surface area is 114 Å². The van der Waals surface area contributed by atoms with Crippen LogP contribution in [0.25, 0.3) is 0 Å². The number of carbonyl (C=O) groups excluding carboxylic acids is 1. The molecule has 0 unspecified atom stereocenters. The Hall–Kier alpha value is -1.37. The summed E-state index contributed by atoms with van der Waals surface area (Å²) < 4.78 is 37.3. The zero-order valence-electron chi connectivity index (χ0n) is 10.6. The van der Waals surface area contributed by atoms with Crippen LogP contribution in [0.1, 0.15) is 12.0 Å². The van der Waals surface area contributed by atoms with E-state index in [0.717, 1.165) is 12.1 Å². The lowest BCUT2D eigenvalue weighted by Gasteiger charge is -2.12. The Kier molecular flexibility index (Phi) is 5.11. The Morgan fingerprint density at radius 1 is 1.37 bits per heavy atom. The van der Waals surface area contributed by atoms with Crippen molar-refractivity contribution in [3.05, 3.63) is 23.8 Å². The quantitative estimate of drug-likeness (QED) is 0.685. The first-order valence-corrected chi connectivity index (χ1v) is 6.50. The third-order valence-corrected chi connectivity index (χ3v) is 3.50. The number of nitrogen functional groups attached to an aromatic ring is 1. The van der Waals surface area contributed by atoms with Crippen molar-refractivity contribution in [2.24, 2.45) is 0 Å². The lowest BCUT2D eigenvalue weighted by molar-refractivity contribution is -0.137. The van der Waals surface area contributed by atoms with Gasteiger partial charge in [0.15, 0.2) is 0 Å². The molecule has 0 aliphatic carbocycles. The van der Waals surface area contributed by atoms with Crippen LogP contribution in [-0.4, -0.2) is 30.7 Å². The van der Waals surface area contributed by atoms with E-state index in [2.05, 4.69) is 0 Å². The first-order chi connectivity index (χ1) is 8.71. The summed E-state index contributed by atoms with van der Waals surface area (Å²) in [5, 5.41) is 0. The Bertz CT molecular complexity index is 461. The lowest BCUT2D eigenvalue weighted by Crippen LogP contribution is -2.21. The predicted molar refractivity (Wildman–Crippen MR) is 69.9 cm³/mol. The van der Waals surface area contributed by atoms with Gasteiger partial charge in [0.2, 0.25) is 5.91 Å². The van der Waals surface area contributed by atoms with Crippen LogP contribution in [0.3, 0.4) is 0 Å². The van der Waals surface area contributed by atoms with E-state index in [0.29, 0.717) is 17.1 Å². The monoisotopic (exact) mass is 292 g/mol. The number of nitrogens with zero attached hydrogens (tertiary/aromatic N) is 1. The van der Waals surface area contributed by atoms with Gasteiger partial charge in [-0.15, -0.1) is 11.8 Å². The summed E-state index contributed by atoms with van der Waals surface area (Å²) in [5.41, 5.74) is 4.89. The molecule has 1 aromatic rings. The second kappa shape index (κ2) is 6.18. The smallest absolute Gasteiger partial charge is 0.398 e. The van der Waals surface area contributed by atoms with Crippen molar-refractivity contribution in [3.8, 4) is 0 Å². The fourth-order valence-corrected chi connectivity index (χ4v) is 2.21. The molecule has 0 saturated heterocycles. The van der Waals surface area contributed by atoms with E-state index in [1.165, 1.54) is 22.7 Å². The average Bonchev–Trinajstić information content (AvgIpc) is 2.29. The highest BCUT2D eigenvalue weighted by Crippen LogP contribution is 2.34. The number of amides is 1. The molecule has 3 nitrogen and oxygen atoms in total. The maximum atomic E-state index is 12.4. The number of hydrogen-bond donors (Lipinski definition) is 1. The van der Waals surface area contributed by atoms with E-state index in [1.807, 2.05) is 0 Å². The maximum absolute atomic E-state index is 12.4. The first kappa shape index (κ1) is 15.7. The Balaban J connectivity index is 2.64. The second-order valence-electron chi connectivity index (χ2n) is 4.14. The van der Waals surface area contributed by atoms with Gasteiger partial charge in [-0.05, 0) is 18.2 Å². The van der Waals surface area contributed by atoms with Crippen molar-refractivity contribution in [2.75, 3.05) is 25.6 Å². The van der Waals surface area contributed by atoms with Crippen LogP contribution in [0.5, 0.6) is 0 Å². The maximum Gasteiger partial charge on any atom is 0.416 e. The summed E-state index contributed by atoms with van der Waals surface area (Å²) in [6.45, 7) is 0. The third-order valence-electron chi connectivity index (χ3n) is 2.41. The van der Waals surface area contributed by atoms with E-state index >= 15 is 0 Å². The minimum Gasteiger partial charge on any atom is -0.398 e. The Morgan fingerprint density at radius 2 is 2.00 bits per heavy atom. The molecule has 0 heterocycles. The van der Waals surface area contributed by atoms with Gasteiger partial charge in [0.25, 0.3) is 0 Å². The number of anilines is 1. The molecule has 2 N–H and O–H groups in total. The number of carbonyl (C=O) groups is 1. The predicted octanol–water partition coefficient (Wildman–Crippen LogP) is 2.86. The van der Waals surface area contributed by atoms with Gasteiger partial charge in [-0.1, -0.05) is 0 Å². The molecule has 7 heteroatoms. The van der Waals surface area contributed by atoms with Crippen molar-refractivity contribution in [3.63, 3.8) is 0 Å². The highest BCUT2D eigenvalue weighted by atomic mass is 32.2. The van der Waals surface area contributed by atoms with Crippen LogP contribution < -0.4 is 5.73 Å². The number of benzene rings is 1. The van der Waals surface area contributed by atoms with Crippen molar-refractivity contribution in [1.29, 1.82) is 0 Å². The molecule has 1 rings (SSSR count). The molecule has 0 aromatic heterocycles. The molecule has 106 valence electrons. The summed E-state index contributed by atoms with van der Waals surface area (Å²) >= 11 is 1.27. The van der Waals surface area contributed by atoms with Gasteiger partial charge in [0.05, 0.1) is 5.56 Å². The van der Waals surface area contributed by atoms with Crippen molar-refractivity contribution < 1.29 is 18.0 Å². The van der Waals surface area contributed by atoms with Gasteiger partial charge in [0, 0.05) is 36.9 Å². The fraction of sp³-hybridized carbons (Fsp3) is 0.417. The molecule has 0 aliphatic heterocycles. The minimum atomic E-state index is -4.39. The molecule has 0 saturated carbocycles. The van der Waals surface area contributed by atoms with E-state index < -0.39 is 11.7 Å². The lowest BCUT2D eigenvalue weighted by atomic mass is 10.2. The molecular weight excluding hydrogens is 277 g/mol. The van der Waals surface area contributed by atoms with E-state index in [-0.39, 0.29) is 11.6 Å². The van der Waals surface area contributed by atoms with E-state index in [4.69, 9.17) is 5.73 Å². The van der Waals surface area contributed by atoms with Gasteiger partial charge in [-0.2, -0.15) is 13.2 Å².